The Balaban J connectivity index is 1.22. The topological polar surface area (TPSA) is 427 Å². The summed E-state index contributed by atoms with van der Waals surface area (Å²) in [6.07, 6.45) is -45.8. The summed E-state index contributed by atoms with van der Waals surface area (Å²) in [5.41, 5.74) is 0. The minimum atomic E-state index is -2.12. The molecule has 328 valence electrons. The third kappa shape index (κ3) is 9.16. The Morgan fingerprint density at radius 3 is 0.821 bits per heavy atom. The van der Waals surface area contributed by atoms with Gasteiger partial charge in [-0.15, -0.1) is 0 Å². The number of aliphatic hydroxyl groups is 17. The number of ether oxygens (including phenoxy) is 9. The van der Waals surface area contributed by atoms with Crippen molar-refractivity contribution in [1.82, 2.24) is 0 Å². The predicted molar refractivity (Wildman–Crippen MR) is 167 cm³/mol. The molecule has 56 heavy (non-hydrogen) atoms. The van der Waals surface area contributed by atoms with Gasteiger partial charge in [0.05, 0.1) is 33.0 Å². The zero-order chi connectivity index (χ0) is 41.3. The van der Waals surface area contributed by atoms with Crippen molar-refractivity contribution in [1.29, 1.82) is 0 Å². The van der Waals surface area contributed by atoms with E-state index in [-0.39, 0.29) is 0 Å². The van der Waals surface area contributed by atoms with Gasteiger partial charge < -0.3 is 129 Å². The van der Waals surface area contributed by atoms with E-state index >= 15 is 0 Å². The molecule has 0 amide bonds. The van der Waals surface area contributed by atoms with Gasteiger partial charge in [0.25, 0.3) is 0 Å². The monoisotopic (exact) mass is 828 g/mol. The number of aliphatic hydroxyl groups excluding tert-OH is 17. The average molecular weight is 829 g/mol. The molecule has 26 heteroatoms. The van der Waals surface area contributed by atoms with E-state index in [9.17, 15) is 86.8 Å². The van der Waals surface area contributed by atoms with Gasteiger partial charge in [-0.3, -0.25) is 0 Å². The number of rotatable bonds is 13. The highest BCUT2D eigenvalue weighted by molar-refractivity contribution is 4.99. The lowest BCUT2D eigenvalue weighted by Crippen LogP contribution is -2.68. The summed E-state index contributed by atoms with van der Waals surface area (Å²) in [5, 5.41) is 176. The van der Waals surface area contributed by atoms with Gasteiger partial charge in [-0.25, -0.2) is 0 Å². The van der Waals surface area contributed by atoms with Crippen LogP contribution in [0.4, 0.5) is 0 Å². The second-order valence-corrected chi connectivity index (χ2v) is 13.9. The molecule has 5 fully saturated rings. The van der Waals surface area contributed by atoms with E-state index in [1.54, 1.807) is 0 Å². The van der Waals surface area contributed by atoms with Crippen molar-refractivity contribution in [3.8, 4) is 0 Å². The number of hydrogen-bond donors (Lipinski definition) is 17. The summed E-state index contributed by atoms with van der Waals surface area (Å²) < 4.78 is 49.1. The van der Waals surface area contributed by atoms with Crippen LogP contribution in [0.25, 0.3) is 0 Å². The van der Waals surface area contributed by atoms with E-state index in [2.05, 4.69) is 0 Å². The molecule has 0 radical (unpaired) electrons. The van der Waals surface area contributed by atoms with Crippen molar-refractivity contribution in [3.05, 3.63) is 0 Å². The Morgan fingerprint density at radius 1 is 0.268 bits per heavy atom. The Labute approximate surface area is 316 Å². The molecule has 1 unspecified atom stereocenters. The summed E-state index contributed by atoms with van der Waals surface area (Å²) in [6.45, 7) is -4.51. The highest BCUT2D eigenvalue weighted by Gasteiger charge is 2.56. The van der Waals surface area contributed by atoms with Gasteiger partial charge in [0.15, 0.2) is 31.5 Å². The van der Waals surface area contributed by atoms with Gasteiger partial charge in [-0.05, 0) is 0 Å². The Morgan fingerprint density at radius 2 is 0.518 bits per heavy atom. The van der Waals surface area contributed by atoms with Crippen LogP contribution in [0, 0.1) is 0 Å². The summed E-state index contributed by atoms with van der Waals surface area (Å²) in [6, 6.07) is 0. The summed E-state index contributed by atoms with van der Waals surface area (Å²) in [4.78, 5) is 0. The lowest BCUT2D eigenvalue weighted by Gasteiger charge is -2.49. The highest BCUT2D eigenvalue weighted by Crippen LogP contribution is 2.35. The van der Waals surface area contributed by atoms with E-state index in [1.807, 2.05) is 0 Å². The molecular formula is C30H52O26. The maximum absolute atomic E-state index is 11.1. The minimum Gasteiger partial charge on any atom is -0.394 e. The standard InChI is InChI=1S/C30H52O26/c31-1-6-11(36)12(37)18(43)27(49-6)54-23-8(3-33)51-29(20(45)14(23)39)56-25-10(5-35)52-30(21(46)16(25)41)55-24-9(4-34)50-28(19(44)15(24)40)53-22-7(2-32)48-26(47)17(42)13(22)38/h6-47H,1-5H2/t6-,7-,8-,9-,10-,11+,12+,13-,14-,15-,16-,17-,18-,19-,20-,21-,22-,23+,24+,25+,26?,27-,28+,29-,30-/m1/s1. The predicted octanol–water partition coefficient (Wildman–Crippen LogP) is -11.9. The maximum Gasteiger partial charge on any atom is 0.187 e. The zero-order valence-electron chi connectivity index (χ0n) is 29.2. The second-order valence-electron chi connectivity index (χ2n) is 13.9. The summed E-state index contributed by atoms with van der Waals surface area (Å²) in [5.74, 6) is 0. The third-order valence-electron chi connectivity index (χ3n) is 10.3. The Hall–Kier alpha value is -1.04. The van der Waals surface area contributed by atoms with E-state index in [0.717, 1.165) is 0 Å². The van der Waals surface area contributed by atoms with Crippen molar-refractivity contribution in [2.24, 2.45) is 0 Å². The van der Waals surface area contributed by atoms with Gasteiger partial charge in [0.2, 0.25) is 0 Å². The molecule has 26 nitrogen and oxygen atoms in total. The summed E-state index contributed by atoms with van der Waals surface area (Å²) >= 11 is 0. The lowest BCUT2D eigenvalue weighted by molar-refractivity contribution is -0.392. The van der Waals surface area contributed by atoms with Crippen LogP contribution in [0.3, 0.4) is 0 Å². The normalized spacial score (nSPS) is 53.2. The fourth-order valence-corrected chi connectivity index (χ4v) is 7.03. The van der Waals surface area contributed by atoms with Crippen molar-refractivity contribution in [2.75, 3.05) is 33.0 Å². The molecule has 5 rings (SSSR count). The molecule has 5 heterocycles. The molecule has 0 saturated carbocycles. The number of hydrogen-bond acceptors (Lipinski definition) is 26. The molecule has 0 aromatic rings. The van der Waals surface area contributed by atoms with Crippen LogP contribution in [0.15, 0.2) is 0 Å². The first kappa shape index (κ1) is 46.0. The SMILES string of the molecule is OC[C@H]1O[C@H](O[C@@H]2[C@H](O)[C@@H](O)[C@@H](O[C@@H]3[C@H](O)[C@@H](O)[C@@H](O[C@@H]4[C@H](O)[C@@H](O)[C@H](O[C@H]5[C@H](O)[C@@H](O)C(O)O[C@@H]5CO)O[C@@H]4CO)O[C@@H]3CO)O[C@@H]2CO)[C@H](O)[C@@H](O)[C@H]1O. The van der Waals surface area contributed by atoms with E-state index in [0.29, 0.717) is 0 Å². The largest absolute Gasteiger partial charge is 0.394 e. The Kier molecular flexibility index (Phi) is 16.1. The molecule has 5 aliphatic rings. The van der Waals surface area contributed by atoms with Crippen LogP contribution in [0.5, 0.6) is 0 Å². The minimum absolute atomic E-state index is 0.811. The summed E-state index contributed by atoms with van der Waals surface area (Å²) in [7, 11) is 0. The van der Waals surface area contributed by atoms with Gasteiger partial charge in [0.1, 0.15) is 122 Å². The van der Waals surface area contributed by atoms with Gasteiger partial charge in [-0.1, -0.05) is 0 Å². The second kappa shape index (κ2) is 19.6. The molecule has 25 atom stereocenters. The average Bonchev–Trinajstić information content (AvgIpc) is 3.19. The van der Waals surface area contributed by atoms with Crippen molar-refractivity contribution in [2.45, 2.75) is 154 Å². The van der Waals surface area contributed by atoms with Crippen LogP contribution in [0.2, 0.25) is 0 Å². The van der Waals surface area contributed by atoms with Crippen molar-refractivity contribution in [3.63, 3.8) is 0 Å². The van der Waals surface area contributed by atoms with Crippen LogP contribution < -0.4 is 0 Å². The first-order chi connectivity index (χ1) is 26.5. The van der Waals surface area contributed by atoms with Crippen LogP contribution >= 0.6 is 0 Å². The third-order valence-corrected chi connectivity index (χ3v) is 10.3. The molecule has 0 aliphatic carbocycles. The van der Waals surface area contributed by atoms with Gasteiger partial charge in [0, 0.05) is 0 Å². The van der Waals surface area contributed by atoms with Crippen LogP contribution in [-0.2, 0) is 42.6 Å². The molecular weight excluding hydrogens is 776 g/mol. The first-order valence-electron chi connectivity index (χ1n) is 17.6. The molecule has 5 aliphatic heterocycles. The van der Waals surface area contributed by atoms with E-state index in [4.69, 9.17) is 42.6 Å². The molecule has 0 bridgehead atoms. The van der Waals surface area contributed by atoms with Crippen LogP contribution in [-0.4, -0.2) is 273 Å². The molecule has 0 spiro atoms. The zero-order valence-corrected chi connectivity index (χ0v) is 29.2. The molecule has 17 N–H and O–H groups in total. The van der Waals surface area contributed by atoms with Gasteiger partial charge in [-0.2, -0.15) is 0 Å². The molecule has 0 aromatic heterocycles. The van der Waals surface area contributed by atoms with Crippen molar-refractivity contribution >= 4 is 0 Å². The Bertz CT molecular complexity index is 1200. The molecule has 5 saturated heterocycles. The van der Waals surface area contributed by atoms with Gasteiger partial charge >= 0.3 is 0 Å². The fraction of sp³-hybridized carbons (Fsp3) is 1.00. The maximum atomic E-state index is 11.1. The molecule has 0 aromatic carbocycles. The smallest absolute Gasteiger partial charge is 0.187 e. The highest BCUT2D eigenvalue weighted by atomic mass is 16.8. The van der Waals surface area contributed by atoms with Crippen LogP contribution in [0.1, 0.15) is 0 Å². The van der Waals surface area contributed by atoms with E-state index < -0.39 is 187 Å². The first-order valence-corrected chi connectivity index (χ1v) is 17.6. The fourth-order valence-electron chi connectivity index (χ4n) is 7.03. The lowest BCUT2D eigenvalue weighted by atomic mass is 9.95. The quantitative estimate of drug-likeness (QED) is 0.0819. The van der Waals surface area contributed by atoms with E-state index in [1.165, 1.54) is 0 Å². The van der Waals surface area contributed by atoms with Crippen molar-refractivity contribution < 1.29 is 129 Å².